The normalized spacial score (nSPS) is 11.5. The van der Waals surface area contributed by atoms with E-state index in [1.54, 1.807) is 36.4 Å². The van der Waals surface area contributed by atoms with E-state index in [0.29, 0.717) is 11.3 Å². The molecule has 0 unspecified atom stereocenters. The summed E-state index contributed by atoms with van der Waals surface area (Å²) >= 11 is 9.19. The molecule has 3 nitrogen and oxygen atoms in total. The summed E-state index contributed by atoms with van der Waals surface area (Å²) in [6, 6.07) is 11.5. The summed E-state index contributed by atoms with van der Waals surface area (Å²) in [5.41, 5.74) is 6.87. The zero-order chi connectivity index (χ0) is 14.0. The molecule has 0 saturated carbocycles. The van der Waals surface area contributed by atoms with Gasteiger partial charge in [0.1, 0.15) is 0 Å². The first kappa shape index (κ1) is 14.4. The van der Waals surface area contributed by atoms with Crippen molar-refractivity contribution in [2.45, 2.75) is 10.6 Å². The summed E-state index contributed by atoms with van der Waals surface area (Å²) in [5.74, 6) is -0.131. The van der Waals surface area contributed by atoms with Gasteiger partial charge in [-0.25, -0.2) is 8.42 Å². The molecule has 0 fully saturated rings. The van der Waals surface area contributed by atoms with Crippen molar-refractivity contribution in [1.29, 1.82) is 0 Å². The Balaban J connectivity index is 2.37. The number of halogens is 2. The Morgan fingerprint density at radius 1 is 1.16 bits per heavy atom. The molecule has 0 heterocycles. The molecule has 2 aromatic rings. The van der Waals surface area contributed by atoms with Crippen molar-refractivity contribution in [3.8, 4) is 0 Å². The van der Waals surface area contributed by atoms with Crippen LogP contribution < -0.4 is 5.73 Å². The largest absolute Gasteiger partial charge is 0.398 e. The molecule has 2 aromatic carbocycles. The van der Waals surface area contributed by atoms with E-state index in [9.17, 15) is 8.42 Å². The lowest BCUT2D eigenvalue weighted by Gasteiger charge is -2.07. The number of sulfone groups is 1. The van der Waals surface area contributed by atoms with Gasteiger partial charge >= 0.3 is 0 Å². The van der Waals surface area contributed by atoms with Crippen LogP contribution >= 0.6 is 27.5 Å². The zero-order valence-electron chi connectivity index (χ0n) is 9.81. The average Bonchev–Trinajstić information content (AvgIpc) is 2.34. The van der Waals surface area contributed by atoms with Crippen LogP contribution in [0.15, 0.2) is 51.8 Å². The van der Waals surface area contributed by atoms with Gasteiger partial charge in [-0.2, -0.15) is 0 Å². The van der Waals surface area contributed by atoms with Crippen LogP contribution in [0.4, 0.5) is 5.69 Å². The van der Waals surface area contributed by atoms with Gasteiger partial charge < -0.3 is 5.73 Å². The van der Waals surface area contributed by atoms with Gasteiger partial charge in [0.15, 0.2) is 9.84 Å². The van der Waals surface area contributed by atoms with Gasteiger partial charge in [0, 0.05) is 10.2 Å². The van der Waals surface area contributed by atoms with Gasteiger partial charge in [0.05, 0.1) is 15.7 Å². The van der Waals surface area contributed by atoms with Crippen molar-refractivity contribution in [3.05, 3.63) is 57.5 Å². The van der Waals surface area contributed by atoms with Crippen LogP contribution in [0.1, 0.15) is 5.56 Å². The fourth-order valence-electron chi connectivity index (χ4n) is 1.68. The number of benzene rings is 2. The second-order valence-corrected chi connectivity index (χ2v) is 7.26. The van der Waals surface area contributed by atoms with Crippen LogP contribution in [0.3, 0.4) is 0 Å². The van der Waals surface area contributed by atoms with Crippen molar-refractivity contribution >= 4 is 43.1 Å². The second-order valence-electron chi connectivity index (χ2n) is 4.05. The Hall–Kier alpha value is -1.04. The zero-order valence-corrected chi connectivity index (χ0v) is 13.0. The smallest absolute Gasteiger partial charge is 0.183 e. The van der Waals surface area contributed by atoms with Crippen molar-refractivity contribution in [3.63, 3.8) is 0 Å². The predicted molar refractivity (Wildman–Crippen MR) is 80.9 cm³/mol. The molecule has 0 amide bonds. The Kier molecular flexibility index (Phi) is 4.18. The minimum absolute atomic E-state index is 0.131. The second kappa shape index (κ2) is 5.53. The third-order valence-electron chi connectivity index (χ3n) is 2.59. The third kappa shape index (κ3) is 3.29. The van der Waals surface area contributed by atoms with E-state index < -0.39 is 9.84 Å². The highest BCUT2D eigenvalue weighted by Gasteiger charge is 2.18. The predicted octanol–water partition coefficient (Wildman–Crippen LogP) is 3.66. The van der Waals surface area contributed by atoms with Gasteiger partial charge in [-0.05, 0) is 45.8 Å². The molecule has 0 saturated heterocycles. The van der Waals surface area contributed by atoms with E-state index in [2.05, 4.69) is 15.9 Å². The van der Waals surface area contributed by atoms with Crippen molar-refractivity contribution in [1.82, 2.24) is 0 Å². The molecule has 2 N–H and O–H groups in total. The molecule has 19 heavy (non-hydrogen) atoms. The van der Waals surface area contributed by atoms with E-state index in [1.165, 1.54) is 6.07 Å². The number of nitrogen functional groups attached to an aromatic ring is 1. The van der Waals surface area contributed by atoms with E-state index in [4.69, 9.17) is 17.3 Å². The van der Waals surface area contributed by atoms with Gasteiger partial charge in [-0.1, -0.05) is 29.8 Å². The summed E-state index contributed by atoms with van der Waals surface area (Å²) in [6.45, 7) is 0. The standard InChI is InChI=1S/C13H11BrClNO2S/c14-10-6-5-9(7-12(10)16)8-19(17,18)13-4-2-1-3-11(13)15/h1-7H,8,16H2. The van der Waals surface area contributed by atoms with E-state index in [0.717, 1.165) is 4.47 Å². The molecule has 0 aliphatic rings. The molecule has 0 bridgehead atoms. The van der Waals surface area contributed by atoms with Crippen molar-refractivity contribution in [2.24, 2.45) is 0 Å². The molecule has 2 rings (SSSR count). The van der Waals surface area contributed by atoms with Gasteiger partial charge in [0.25, 0.3) is 0 Å². The third-order valence-corrected chi connectivity index (χ3v) is 5.49. The van der Waals surface area contributed by atoms with Crippen LogP contribution in [-0.4, -0.2) is 8.42 Å². The summed E-state index contributed by atoms with van der Waals surface area (Å²) < 4.78 is 25.3. The van der Waals surface area contributed by atoms with E-state index >= 15 is 0 Å². The van der Waals surface area contributed by atoms with Crippen molar-refractivity contribution < 1.29 is 8.42 Å². The van der Waals surface area contributed by atoms with E-state index in [-0.39, 0.29) is 15.7 Å². The van der Waals surface area contributed by atoms with E-state index in [1.807, 2.05) is 0 Å². The summed E-state index contributed by atoms with van der Waals surface area (Å²) in [4.78, 5) is 0.137. The maximum absolute atomic E-state index is 12.3. The Bertz CT molecular complexity index is 716. The number of nitrogens with two attached hydrogens (primary N) is 1. The molecular weight excluding hydrogens is 350 g/mol. The Morgan fingerprint density at radius 3 is 2.47 bits per heavy atom. The quantitative estimate of drug-likeness (QED) is 0.850. The van der Waals surface area contributed by atoms with Gasteiger partial charge in [-0.15, -0.1) is 0 Å². The number of rotatable bonds is 3. The number of hydrogen-bond acceptors (Lipinski definition) is 3. The topological polar surface area (TPSA) is 60.2 Å². The number of hydrogen-bond donors (Lipinski definition) is 1. The highest BCUT2D eigenvalue weighted by Crippen LogP contribution is 2.26. The summed E-state index contributed by atoms with van der Waals surface area (Å²) in [5, 5.41) is 0.229. The maximum atomic E-state index is 12.3. The summed E-state index contributed by atoms with van der Waals surface area (Å²) in [6.07, 6.45) is 0. The van der Waals surface area contributed by atoms with Crippen LogP contribution in [0.25, 0.3) is 0 Å². The molecule has 0 atom stereocenters. The number of anilines is 1. The monoisotopic (exact) mass is 359 g/mol. The molecule has 0 spiro atoms. The first-order valence-electron chi connectivity index (χ1n) is 5.41. The lowest BCUT2D eigenvalue weighted by atomic mass is 10.2. The van der Waals surface area contributed by atoms with Gasteiger partial charge in [-0.3, -0.25) is 0 Å². The van der Waals surface area contributed by atoms with Gasteiger partial charge in [0.2, 0.25) is 0 Å². The minimum Gasteiger partial charge on any atom is -0.398 e. The fourth-order valence-corrected chi connectivity index (χ4v) is 3.84. The molecule has 0 aliphatic heterocycles. The Morgan fingerprint density at radius 2 is 1.84 bits per heavy atom. The fraction of sp³-hybridized carbons (Fsp3) is 0.0769. The lowest BCUT2D eigenvalue weighted by molar-refractivity contribution is 0.595. The van der Waals surface area contributed by atoms with Crippen LogP contribution in [-0.2, 0) is 15.6 Å². The van der Waals surface area contributed by atoms with Crippen LogP contribution in [0, 0.1) is 0 Å². The highest BCUT2D eigenvalue weighted by atomic mass is 79.9. The molecule has 100 valence electrons. The molecule has 6 heteroatoms. The van der Waals surface area contributed by atoms with Crippen LogP contribution in [0.5, 0.6) is 0 Å². The summed E-state index contributed by atoms with van der Waals surface area (Å²) in [7, 11) is -3.48. The lowest BCUT2D eigenvalue weighted by Crippen LogP contribution is -2.06. The minimum atomic E-state index is -3.48. The molecule has 0 aliphatic carbocycles. The maximum Gasteiger partial charge on any atom is 0.183 e. The average molecular weight is 361 g/mol. The molecule has 0 aromatic heterocycles. The van der Waals surface area contributed by atoms with Crippen molar-refractivity contribution in [2.75, 3.05) is 5.73 Å². The molecular formula is C13H11BrClNO2S. The highest BCUT2D eigenvalue weighted by molar-refractivity contribution is 9.10. The first-order chi connectivity index (χ1) is 8.90. The molecule has 0 radical (unpaired) electrons. The van der Waals surface area contributed by atoms with Crippen LogP contribution in [0.2, 0.25) is 5.02 Å². The first-order valence-corrected chi connectivity index (χ1v) is 8.23. The Labute approximate surface area is 125 Å². The SMILES string of the molecule is Nc1cc(CS(=O)(=O)c2ccccc2Cl)ccc1Br.